The van der Waals surface area contributed by atoms with Crippen molar-refractivity contribution in [2.24, 2.45) is 0 Å². The average Bonchev–Trinajstić information content (AvgIpc) is 1.81. The van der Waals surface area contributed by atoms with E-state index in [1.54, 1.807) is 0 Å². The van der Waals surface area contributed by atoms with Crippen molar-refractivity contribution in [2.75, 3.05) is 21.3 Å². The highest BCUT2D eigenvalue weighted by Gasteiger charge is 0.843. The molecule has 9 heavy (non-hydrogen) atoms. The third-order valence-corrected chi connectivity index (χ3v) is 0. The third-order valence-electron chi connectivity index (χ3n) is 0. The monoisotopic (exact) mass is 147 g/mol. The first-order valence-electron chi connectivity index (χ1n) is 1.34. The predicted octanol–water partition coefficient (Wildman–Crippen LogP) is -0.688. The molecule has 0 bridgehead atoms. The van der Waals surface area contributed by atoms with Gasteiger partial charge >= 0.3 is 0 Å². The lowest BCUT2D eigenvalue weighted by molar-refractivity contribution is 0.399. The highest BCUT2D eigenvalue weighted by molar-refractivity contribution is 3.18. The molecule has 6 heteroatoms. The lowest BCUT2D eigenvalue weighted by Gasteiger charge is -1.21. The lowest BCUT2D eigenvalue weighted by Crippen LogP contribution is -1.25. The number of aliphatic hydroxyl groups is 3. The van der Waals surface area contributed by atoms with Crippen molar-refractivity contribution in [2.45, 2.75) is 0 Å². The van der Waals surface area contributed by atoms with Crippen LogP contribution in [0.5, 0.6) is 0 Å². The number of rotatable bonds is 0. The minimum Gasteiger partial charge on any atom is -0.400 e. The van der Waals surface area contributed by atoms with E-state index in [4.69, 9.17) is 15.3 Å². The summed E-state index contributed by atoms with van der Waals surface area (Å²) < 4.78 is 0. The molecule has 0 atom stereocenters. The zero-order valence-corrected chi connectivity index (χ0v) is 6.46. The second-order valence-corrected chi connectivity index (χ2v) is 0. The Hall–Kier alpha value is -0.240. The average molecular weight is 147 g/mol. The van der Waals surface area contributed by atoms with Gasteiger partial charge in [0.05, 0.1) is 0 Å². The Bertz CT molecular complexity index is 14.3. The third kappa shape index (κ3) is 4470. The van der Waals surface area contributed by atoms with Crippen LogP contribution in [-0.2, 0) is 0 Å². The highest BCUT2D eigenvalue weighted by atomic mass is 16.2. The zero-order chi connectivity index (χ0) is 6.00. The molecule has 0 unspecified atom stereocenters. The first kappa shape index (κ1) is 69.2. The van der Waals surface area contributed by atoms with Gasteiger partial charge in [-0.15, -0.1) is 0 Å². The molecule has 0 amide bonds. The van der Waals surface area contributed by atoms with Crippen LogP contribution in [0.3, 0.4) is 0 Å². The molecule has 66 valence electrons. The van der Waals surface area contributed by atoms with Crippen LogP contribution in [0.2, 0.25) is 0 Å². The Labute approximate surface area is 56.3 Å². The van der Waals surface area contributed by atoms with Crippen LogP contribution in [0, 0.1) is 0 Å². The van der Waals surface area contributed by atoms with Gasteiger partial charge < -0.3 is 33.8 Å². The van der Waals surface area contributed by atoms with Crippen molar-refractivity contribution in [1.82, 2.24) is 18.5 Å². The van der Waals surface area contributed by atoms with Gasteiger partial charge in [-0.2, -0.15) is 0 Å². The molecule has 0 aromatic carbocycles. The molecule has 0 saturated heterocycles. The van der Waals surface area contributed by atoms with Crippen LogP contribution in [0.15, 0.2) is 0 Å². The number of hydrogen-bond acceptors (Lipinski definition) is 6. The molecule has 0 heterocycles. The van der Waals surface area contributed by atoms with Gasteiger partial charge in [0.25, 0.3) is 0 Å². The summed E-state index contributed by atoms with van der Waals surface area (Å²) in [4.78, 5) is 0. The van der Waals surface area contributed by atoms with Gasteiger partial charge in [-0.05, 0) is 0 Å². The van der Waals surface area contributed by atoms with Gasteiger partial charge in [0.1, 0.15) is 0 Å². The minimum atomic E-state index is 0. The molecule has 6 nitrogen and oxygen atoms in total. The molecule has 12 N–H and O–H groups in total. The van der Waals surface area contributed by atoms with Crippen LogP contribution >= 0.6 is 0 Å². The zero-order valence-electron chi connectivity index (χ0n) is 6.46. The van der Waals surface area contributed by atoms with E-state index in [2.05, 4.69) is 0 Å². The fourth-order valence-corrected chi connectivity index (χ4v) is 0. The standard InChI is InChI=1S/3CH4O.3H3N/c3*1-2;;;/h3*2H,1H3;3*1H3. The van der Waals surface area contributed by atoms with Crippen LogP contribution < -0.4 is 18.5 Å². The first-order valence-corrected chi connectivity index (χ1v) is 1.34. The summed E-state index contributed by atoms with van der Waals surface area (Å²) in [5.74, 6) is 0. The van der Waals surface area contributed by atoms with Crippen molar-refractivity contribution in [3.63, 3.8) is 0 Å². The van der Waals surface area contributed by atoms with Crippen molar-refractivity contribution in [3.8, 4) is 0 Å². The van der Waals surface area contributed by atoms with Crippen molar-refractivity contribution >= 4 is 0 Å². The van der Waals surface area contributed by atoms with E-state index in [0.29, 0.717) is 0 Å². The molecule has 0 aromatic heterocycles. The molecule has 0 radical (unpaired) electrons. The topological polar surface area (TPSA) is 166 Å². The molecule has 0 fully saturated rings. The maximum atomic E-state index is 7.00. The summed E-state index contributed by atoms with van der Waals surface area (Å²) in [7, 11) is 3.00. The summed E-state index contributed by atoms with van der Waals surface area (Å²) in [6, 6.07) is 0. The Morgan fingerprint density at radius 2 is 0.444 bits per heavy atom. The number of hydrogen-bond donors (Lipinski definition) is 6. The van der Waals surface area contributed by atoms with E-state index >= 15 is 0 Å². The maximum absolute atomic E-state index is 7.00. The molecular weight excluding hydrogens is 126 g/mol. The summed E-state index contributed by atoms with van der Waals surface area (Å²) in [6.07, 6.45) is 0. The molecule has 0 aromatic rings. The van der Waals surface area contributed by atoms with Gasteiger partial charge in [-0.25, -0.2) is 0 Å². The quantitative estimate of drug-likeness (QED) is 0.265. The predicted molar refractivity (Wildman–Crippen MR) is 39.5 cm³/mol. The highest BCUT2D eigenvalue weighted by Crippen LogP contribution is 0.759. The molecule has 0 aliphatic heterocycles. The Kier molecular flexibility index (Phi) is 47400. The SMILES string of the molecule is CO.CO.CO.N.N.N. The summed E-state index contributed by atoms with van der Waals surface area (Å²) in [5, 5.41) is 21.0. The molecular formula is C3H21N3O3. The van der Waals surface area contributed by atoms with Gasteiger partial charge in [0, 0.05) is 21.3 Å². The van der Waals surface area contributed by atoms with Crippen molar-refractivity contribution in [1.29, 1.82) is 0 Å². The van der Waals surface area contributed by atoms with Gasteiger partial charge in [0.2, 0.25) is 0 Å². The Balaban J connectivity index is -0.00000000321. The summed E-state index contributed by atoms with van der Waals surface area (Å²) in [5.41, 5.74) is 0. The molecule has 0 spiro atoms. The Morgan fingerprint density at radius 3 is 0.444 bits per heavy atom. The first-order chi connectivity index (χ1) is 3.00. The van der Waals surface area contributed by atoms with E-state index in [0.717, 1.165) is 21.3 Å². The summed E-state index contributed by atoms with van der Waals surface area (Å²) >= 11 is 0. The van der Waals surface area contributed by atoms with Gasteiger partial charge in [-0.3, -0.25) is 0 Å². The maximum Gasteiger partial charge on any atom is 0.0319 e. The van der Waals surface area contributed by atoms with Crippen molar-refractivity contribution < 1.29 is 15.3 Å². The smallest absolute Gasteiger partial charge is 0.0319 e. The fourth-order valence-electron chi connectivity index (χ4n) is 0. The Morgan fingerprint density at radius 1 is 0.444 bits per heavy atom. The van der Waals surface area contributed by atoms with E-state index in [9.17, 15) is 0 Å². The van der Waals surface area contributed by atoms with Crippen LogP contribution in [0.25, 0.3) is 0 Å². The van der Waals surface area contributed by atoms with Crippen LogP contribution in [0.4, 0.5) is 0 Å². The largest absolute Gasteiger partial charge is 0.400 e. The molecule has 0 aliphatic carbocycles. The molecule has 0 aliphatic rings. The van der Waals surface area contributed by atoms with Gasteiger partial charge in [-0.1, -0.05) is 0 Å². The molecule has 0 saturated carbocycles. The second-order valence-electron chi connectivity index (χ2n) is 0. The summed E-state index contributed by atoms with van der Waals surface area (Å²) in [6.45, 7) is 0. The van der Waals surface area contributed by atoms with E-state index in [1.165, 1.54) is 0 Å². The van der Waals surface area contributed by atoms with E-state index in [1.807, 2.05) is 0 Å². The molecule has 0 rings (SSSR count). The van der Waals surface area contributed by atoms with E-state index < -0.39 is 0 Å². The van der Waals surface area contributed by atoms with Crippen LogP contribution in [0.1, 0.15) is 0 Å². The van der Waals surface area contributed by atoms with Crippen molar-refractivity contribution in [3.05, 3.63) is 0 Å². The van der Waals surface area contributed by atoms with Gasteiger partial charge in [0.15, 0.2) is 0 Å². The van der Waals surface area contributed by atoms with E-state index in [-0.39, 0.29) is 18.5 Å². The second kappa shape index (κ2) is 6160. The number of aliphatic hydroxyl groups excluding tert-OH is 3. The normalized spacial score (nSPS) is 2.00. The lowest BCUT2D eigenvalue weighted by atomic mass is 11.8. The van der Waals surface area contributed by atoms with Crippen LogP contribution in [-0.4, -0.2) is 36.6 Å². The minimum absolute atomic E-state index is 0. The fraction of sp³-hybridized carbons (Fsp3) is 1.00.